The maximum atomic E-state index is 13.1. The molecule has 3 nitrogen and oxygen atoms in total. The third-order valence-corrected chi connectivity index (χ3v) is 2.76. The lowest BCUT2D eigenvalue weighted by Gasteiger charge is -2.02. The second-order valence-electron chi connectivity index (χ2n) is 3.52. The van der Waals surface area contributed by atoms with Crippen LogP contribution in [0.4, 0.5) is 4.39 Å². The molecule has 0 unspecified atom stereocenters. The van der Waals surface area contributed by atoms with Crippen molar-refractivity contribution in [3.8, 4) is 11.3 Å². The van der Waals surface area contributed by atoms with Crippen molar-refractivity contribution < 1.29 is 4.39 Å². The second-order valence-corrected chi connectivity index (χ2v) is 4.27. The van der Waals surface area contributed by atoms with E-state index in [1.807, 2.05) is 0 Å². The first-order chi connectivity index (χ1) is 7.61. The number of nitrogens with zero attached hydrogens (tertiary/aromatic N) is 1. The van der Waals surface area contributed by atoms with Gasteiger partial charge in [0.25, 0.3) is 0 Å². The van der Waals surface area contributed by atoms with Crippen LogP contribution in [-0.2, 0) is 6.54 Å². The van der Waals surface area contributed by atoms with Gasteiger partial charge in [0, 0.05) is 12.1 Å². The molecule has 0 saturated heterocycles. The SMILES string of the molecule is Cc1cc(-c2nc(Br)[nH]c2CN)ccc1F. The van der Waals surface area contributed by atoms with Gasteiger partial charge in [0.05, 0.1) is 11.4 Å². The summed E-state index contributed by atoms with van der Waals surface area (Å²) in [5.41, 5.74) is 8.66. The Morgan fingerprint density at radius 1 is 1.50 bits per heavy atom. The Kier molecular flexibility index (Phi) is 3.07. The minimum atomic E-state index is -0.215. The monoisotopic (exact) mass is 283 g/mol. The molecule has 16 heavy (non-hydrogen) atoms. The normalized spacial score (nSPS) is 10.8. The summed E-state index contributed by atoms with van der Waals surface area (Å²) in [6.07, 6.45) is 0. The van der Waals surface area contributed by atoms with Crippen LogP contribution in [0.25, 0.3) is 11.3 Å². The Balaban J connectivity index is 2.53. The van der Waals surface area contributed by atoms with E-state index in [1.165, 1.54) is 6.07 Å². The molecule has 1 heterocycles. The summed E-state index contributed by atoms with van der Waals surface area (Å²) in [6.45, 7) is 2.09. The van der Waals surface area contributed by atoms with Gasteiger partial charge < -0.3 is 10.7 Å². The number of imidazole rings is 1. The third kappa shape index (κ3) is 2.01. The molecule has 1 aromatic heterocycles. The quantitative estimate of drug-likeness (QED) is 0.891. The van der Waals surface area contributed by atoms with Gasteiger partial charge in [-0.3, -0.25) is 0 Å². The van der Waals surface area contributed by atoms with Crippen molar-refractivity contribution in [3.05, 3.63) is 40.0 Å². The molecule has 2 aromatic rings. The van der Waals surface area contributed by atoms with Crippen molar-refractivity contribution >= 4 is 15.9 Å². The van der Waals surface area contributed by atoms with Crippen molar-refractivity contribution in [1.29, 1.82) is 0 Å². The fourth-order valence-electron chi connectivity index (χ4n) is 1.56. The molecule has 84 valence electrons. The Hall–Kier alpha value is -1.20. The number of hydrogen-bond acceptors (Lipinski definition) is 2. The molecule has 0 fully saturated rings. The smallest absolute Gasteiger partial charge is 0.175 e. The number of hydrogen-bond donors (Lipinski definition) is 2. The van der Waals surface area contributed by atoms with E-state index >= 15 is 0 Å². The number of nitrogens with two attached hydrogens (primary N) is 1. The number of aromatic nitrogens is 2. The highest BCUT2D eigenvalue weighted by Crippen LogP contribution is 2.25. The van der Waals surface area contributed by atoms with Crippen molar-refractivity contribution in [2.24, 2.45) is 5.73 Å². The van der Waals surface area contributed by atoms with E-state index in [4.69, 9.17) is 5.73 Å². The van der Waals surface area contributed by atoms with Crippen LogP contribution >= 0.6 is 15.9 Å². The van der Waals surface area contributed by atoms with E-state index in [9.17, 15) is 4.39 Å². The number of rotatable bonds is 2. The van der Waals surface area contributed by atoms with Crippen LogP contribution in [0, 0.1) is 12.7 Å². The van der Waals surface area contributed by atoms with E-state index < -0.39 is 0 Å². The number of aryl methyl sites for hydroxylation is 1. The minimum Gasteiger partial charge on any atom is -0.335 e. The summed E-state index contributed by atoms with van der Waals surface area (Å²) in [5.74, 6) is -0.215. The molecule has 0 atom stereocenters. The molecule has 0 aliphatic carbocycles. The molecule has 5 heteroatoms. The first kappa shape index (κ1) is 11.3. The number of benzene rings is 1. The predicted molar refractivity (Wildman–Crippen MR) is 64.3 cm³/mol. The zero-order valence-corrected chi connectivity index (χ0v) is 10.3. The number of H-pyrrole nitrogens is 1. The van der Waals surface area contributed by atoms with Crippen LogP contribution in [0.1, 0.15) is 11.3 Å². The Morgan fingerprint density at radius 2 is 2.25 bits per heavy atom. The third-order valence-electron chi connectivity index (χ3n) is 2.39. The Morgan fingerprint density at radius 3 is 2.88 bits per heavy atom. The summed E-state index contributed by atoms with van der Waals surface area (Å²) in [4.78, 5) is 7.29. The highest BCUT2D eigenvalue weighted by atomic mass is 79.9. The van der Waals surface area contributed by atoms with E-state index in [0.29, 0.717) is 16.8 Å². The van der Waals surface area contributed by atoms with E-state index in [0.717, 1.165) is 17.0 Å². The molecule has 1 aromatic carbocycles. The van der Waals surface area contributed by atoms with Gasteiger partial charge in [-0.15, -0.1) is 0 Å². The average Bonchev–Trinajstić information content (AvgIpc) is 2.63. The van der Waals surface area contributed by atoms with Gasteiger partial charge in [0.15, 0.2) is 4.73 Å². The molecule has 0 bridgehead atoms. The van der Waals surface area contributed by atoms with Gasteiger partial charge in [-0.25, -0.2) is 9.37 Å². The largest absolute Gasteiger partial charge is 0.335 e. The molecular weight excluding hydrogens is 273 g/mol. The fraction of sp³-hybridized carbons (Fsp3) is 0.182. The van der Waals surface area contributed by atoms with Crippen LogP contribution in [0.2, 0.25) is 0 Å². The van der Waals surface area contributed by atoms with Crippen molar-refractivity contribution in [2.45, 2.75) is 13.5 Å². The maximum Gasteiger partial charge on any atom is 0.175 e. The zero-order chi connectivity index (χ0) is 11.7. The Labute approximate surface area is 101 Å². The summed E-state index contributed by atoms with van der Waals surface area (Å²) in [6, 6.07) is 4.90. The number of nitrogens with one attached hydrogen (secondary N) is 1. The highest BCUT2D eigenvalue weighted by molar-refractivity contribution is 9.10. The highest BCUT2D eigenvalue weighted by Gasteiger charge is 2.10. The molecule has 2 rings (SSSR count). The van der Waals surface area contributed by atoms with Gasteiger partial charge in [0.1, 0.15) is 5.82 Å². The van der Waals surface area contributed by atoms with Gasteiger partial charge >= 0.3 is 0 Å². The van der Waals surface area contributed by atoms with E-state index in [2.05, 4.69) is 25.9 Å². The van der Waals surface area contributed by atoms with Gasteiger partial charge in [0.2, 0.25) is 0 Å². The van der Waals surface area contributed by atoms with Crippen molar-refractivity contribution in [2.75, 3.05) is 0 Å². The van der Waals surface area contributed by atoms with E-state index in [1.54, 1.807) is 19.1 Å². The average molecular weight is 284 g/mol. The van der Waals surface area contributed by atoms with Crippen LogP contribution in [0.5, 0.6) is 0 Å². The lowest BCUT2D eigenvalue weighted by atomic mass is 10.1. The molecule has 0 aliphatic rings. The van der Waals surface area contributed by atoms with Crippen molar-refractivity contribution in [1.82, 2.24) is 9.97 Å². The van der Waals surface area contributed by atoms with Gasteiger partial charge in [-0.1, -0.05) is 0 Å². The summed E-state index contributed by atoms with van der Waals surface area (Å²) >= 11 is 3.26. The lowest BCUT2D eigenvalue weighted by Crippen LogP contribution is -1.98. The van der Waals surface area contributed by atoms with E-state index in [-0.39, 0.29) is 5.82 Å². The summed E-state index contributed by atoms with van der Waals surface area (Å²) in [7, 11) is 0. The minimum absolute atomic E-state index is 0.215. The zero-order valence-electron chi connectivity index (χ0n) is 8.72. The molecule has 3 N–H and O–H groups in total. The molecule has 0 spiro atoms. The van der Waals surface area contributed by atoms with Gasteiger partial charge in [-0.05, 0) is 46.6 Å². The predicted octanol–water partition coefficient (Wildman–Crippen LogP) is 2.75. The molecule has 0 aliphatic heterocycles. The first-order valence-electron chi connectivity index (χ1n) is 4.83. The second kappa shape index (κ2) is 4.35. The molecule has 0 saturated carbocycles. The number of aromatic amines is 1. The summed E-state index contributed by atoms with van der Waals surface area (Å²) in [5, 5.41) is 0. The number of halogens is 2. The molecule has 0 amide bonds. The van der Waals surface area contributed by atoms with Gasteiger partial charge in [-0.2, -0.15) is 0 Å². The topological polar surface area (TPSA) is 54.7 Å². The van der Waals surface area contributed by atoms with Crippen LogP contribution in [0.15, 0.2) is 22.9 Å². The van der Waals surface area contributed by atoms with Crippen molar-refractivity contribution in [3.63, 3.8) is 0 Å². The lowest BCUT2D eigenvalue weighted by molar-refractivity contribution is 0.618. The van der Waals surface area contributed by atoms with Crippen LogP contribution in [0.3, 0.4) is 0 Å². The Bertz CT molecular complexity index is 522. The summed E-state index contributed by atoms with van der Waals surface area (Å²) < 4.78 is 13.8. The van der Waals surface area contributed by atoms with Crippen LogP contribution in [-0.4, -0.2) is 9.97 Å². The molecular formula is C11H11BrFN3. The van der Waals surface area contributed by atoms with Crippen LogP contribution < -0.4 is 5.73 Å². The molecule has 0 radical (unpaired) electrons. The first-order valence-corrected chi connectivity index (χ1v) is 5.62. The fourth-order valence-corrected chi connectivity index (χ4v) is 1.97. The maximum absolute atomic E-state index is 13.1. The standard InChI is InChI=1S/C11H11BrFN3/c1-6-4-7(2-3-8(6)13)10-9(5-14)15-11(12)16-10/h2-4H,5,14H2,1H3,(H,15,16).